The lowest BCUT2D eigenvalue weighted by Gasteiger charge is -2.26. The molecule has 1 aromatic rings. The molecule has 0 aromatic carbocycles. The van der Waals surface area contributed by atoms with Gasteiger partial charge in [0.25, 0.3) is 0 Å². The summed E-state index contributed by atoms with van der Waals surface area (Å²) in [5.74, 6) is 3.93. The molecular formula is C13H22N4. The summed E-state index contributed by atoms with van der Waals surface area (Å²) in [4.78, 5) is 4.31. The molecule has 2 fully saturated rings. The quantitative estimate of drug-likeness (QED) is 0.822. The van der Waals surface area contributed by atoms with Crippen LogP contribution in [-0.2, 0) is 0 Å². The number of aromatic nitrogens is 3. The average Bonchev–Trinajstić information content (AvgIpc) is 3.06. The first-order valence-electron chi connectivity index (χ1n) is 6.95. The van der Waals surface area contributed by atoms with Crippen LogP contribution in [0.25, 0.3) is 0 Å². The van der Waals surface area contributed by atoms with Crippen LogP contribution in [-0.4, -0.2) is 21.7 Å². The molecule has 3 rings (SSSR count). The Balaban J connectivity index is 1.65. The number of rotatable bonds is 5. The van der Waals surface area contributed by atoms with Gasteiger partial charge in [-0.15, -0.1) is 0 Å². The first-order chi connectivity index (χ1) is 8.36. The van der Waals surface area contributed by atoms with Gasteiger partial charge in [-0.2, -0.15) is 5.10 Å². The molecule has 0 spiro atoms. The predicted octanol–water partition coefficient (Wildman–Crippen LogP) is 2.28. The van der Waals surface area contributed by atoms with Gasteiger partial charge < -0.3 is 5.32 Å². The molecule has 2 saturated carbocycles. The minimum absolute atomic E-state index is 0.367. The fourth-order valence-electron chi connectivity index (χ4n) is 3.89. The number of H-pyrrole nitrogens is 1. The maximum absolute atomic E-state index is 4.31. The van der Waals surface area contributed by atoms with E-state index in [9.17, 15) is 0 Å². The van der Waals surface area contributed by atoms with Crippen molar-refractivity contribution in [1.82, 2.24) is 20.5 Å². The van der Waals surface area contributed by atoms with Gasteiger partial charge in [0.1, 0.15) is 12.2 Å². The van der Waals surface area contributed by atoms with Crippen molar-refractivity contribution in [2.24, 2.45) is 17.8 Å². The van der Waals surface area contributed by atoms with Crippen LogP contribution in [0, 0.1) is 17.8 Å². The highest BCUT2D eigenvalue weighted by Gasteiger charge is 2.40. The third-order valence-electron chi connectivity index (χ3n) is 4.64. The van der Waals surface area contributed by atoms with Crippen LogP contribution < -0.4 is 5.32 Å². The van der Waals surface area contributed by atoms with Crippen molar-refractivity contribution >= 4 is 0 Å². The van der Waals surface area contributed by atoms with Crippen LogP contribution >= 0.6 is 0 Å². The second-order valence-corrected chi connectivity index (χ2v) is 5.65. The van der Waals surface area contributed by atoms with Gasteiger partial charge in [0.2, 0.25) is 0 Å². The number of hydrogen-bond donors (Lipinski definition) is 2. The summed E-state index contributed by atoms with van der Waals surface area (Å²) >= 11 is 0. The Morgan fingerprint density at radius 3 is 3.00 bits per heavy atom. The molecule has 4 nitrogen and oxygen atoms in total. The molecule has 0 aliphatic heterocycles. The molecule has 1 aromatic heterocycles. The smallest absolute Gasteiger partial charge is 0.141 e. The minimum Gasteiger partial charge on any atom is -0.308 e. The van der Waals surface area contributed by atoms with Gasteiger partial charge in [0, 0.05) is 0 Å². The largest absolute Gasteiger partial charge is 0.308 e. The second-order valence-electron chi connectivity index (χ2n) is 5.65. The normalized spacial score (nSPS) is 33.1. The Labute approximate surface area is 103 Å². The van der Waals surface area contributed by atoms with Gasteiger partial charge in [-0.25, -0.2) is 4.98 Å². The third kappa shape index (κ3) is 2.23. The molecule has 2 N–H and O–H groups in total. The Morgan fingerprint density at radius 1 is 1.47 bits per heavy atom. The molecule has 2 aliphatic carbocycles. The van der Waals surface area contributed by atoms with Crippen LogP contribution in [0.5, 0.6) is 0 Å². The highest BCUT2D eigenvalue weighted by atomic mass is 15.2. The Bertz CT molecular complexity index is 348. The molecule has 94 valence electrons. The van der Waals surface area contributed by atoms with E-state index in [0.717, 1.165) is 30.1 Å². The van der Waals surface area contributed by atoms with Crippen LogP contribution in [0.15, 0.2) is 6.33 Å². The summed E-state index contributed by atoms with van der Waals surface area (Å²) in [6.07, 6.45) is 8.71. The number of nitrogens with one attached hydrogen (secondary N) is 2. The number of fused-ring (bicyclic) bond motifs is 2. The van der Waals surface area contributed by atoms with Crippen molar-refractivity contribution < 1.29 is 0 Å². The Kier molecular flexibility index (Phi) is 3.14. The maximum Gasteiger partial charge on any atom is 0.141 e. The number of aromatic amines is 1. The highest BCUT2D eigenvalue weighted by molar-refractivity contribution is 4.97. The summed E-state index contributed by atoms with van der Waals surface area (Å²) < 4.78 is 0. The molecule has 0 saturated heterocycles. The van der Waals surface area contributed by atoms with Crippen molar-refractivity contribution in [1.29, 1.82) is 0 Å². The second kappa shape index (κ2) is 4.77. The van der Waals surface area contributed by atoms with Gasteiger partial charge in [0.05, 0.1) is 6.04 Å². The first-order valence-corrected chi connectivity index (χ1v) is 6.95. The molecule has 2 aliphatic rings. The van der Waals surface area contributed by atoms with Crippen LogP contribution in [0.2, 0.25) is 0 Å². The minimum atomic E-state index is 0.367. The molecule has 0 amide bonds. The molecule has 0 radical (unpaired) electrons. The lowest BCUT2D eigenvalue weighted by Crippen LogP contribution is -2.26. The van der Waals surface area contributed by atoms with Crippen LogP contribution in [0.4, 0.5) is 0 Å². The lowest BCUT2D eigenvalue weighted by molar-refractivity contribution is 0.276. The van der Waals surface area contributed by atoms with Crippen molar-refractivity contribution in [3.8, 4) is 0 Å². The van der Waals surface area contributed by atoms with Crippen molar-refractivity contribution in [2.75, 3.05) is 6.54 Å². The fourth-order valence-corrected chi connectivity index (χ4v) is 3.89. The molecule has 4 unspecified atom stereocenters. The van der Waals surface area contributed by atoms with E-state index in [2.05, 4.69) is 27.4 Å². The summed E-state index contributed by atoms with van der Waals surface area (Å²) in [5.41, 5.74) is 0. The number of nitrogens with zero attached hydrogens (tertiary/aromatic N) is 2. The lowest BCUT2D eigenvalue weighted by atomic mass is 9.84. The zero-order valence-corrected chi connectivity index (χ0v) is 10.5. The monoisotopic (exact) mass is 234 g/mol. The van der Waals surface area contributed by atoms with E-state index < -0.39 is 0 Å². The van der Waals surface area contributed by atoms with E-state index in [1.165, 1.54) is 32.1 Å². The van der Waals surface area contributed by atoms with Gasteiger partial charge in [-0.1, -0.05) is 13.3 Å². The van der Waals surface area contributed by atoms with Gasteiger partial charge in [0.15, 0.2) is 0 Å². The van der Waals surface area contributed by atoms with Gasteiger partial charge >= 0.3 is 0 Å². The Morgan fingerprint density at radius 2 is 2.41 bits per heavy atom. The van der Waals surface area contributed by atoms with E-state index >= 15 is 0 Å². The van der Waals surface area contributed by atoms with Gasteiger partial charge in [-0.3, -0.25) is 5.10 Å². The summed E-state index contributed by atoms with van der Waals surface area (Å²) in [5, 5.41) is 10.5. The van der Waals surface area contributed by atoms with E-state index in [-0.39, 0.29) is 0 Å². The molecule has 1 heterocycles. The fraction of sp³-hybridized carbons (Fsp3) is 0.846. The zero-order valence-electron chi connectivity index (χ0n) is 10.5. The highest BCUT2D eigenvalue weighted by Crippen LogP contribution is 2.50. The van der Waals surface area contributed by atoms with E-state index in [4.69, 9.17) is 0 Å². The van der Waals surface area contributed by atoms with Crippen LogP contribution in [0.1, 0.15) is 50.9 Å². The van der Waals surface area contributed by atoms with Crippen molar-refractivity contribution in [2.45, 2.75) is 45.1 Å². The third-order valence-corrected chi connectivity index (χ3v) is 4.64. The molecule has 2 bridgehead atoms. The Hall–Kier alpha value is -0.900. The topological polar surface area (TPSA) is 53.6 Å². The molecule has 4 heteroatoms. The maximum atomic E-state index is 4.31. The summed E-state index contributed by atoms with van der Waals surface area (Å²) in [7, 11) is 0. The van der Waals surface area contributed by atoms with E-state index in [1.54, 1.807) is 6.33 Å². The zero-order chi connectivity index (χ0) is 11.7. The summed E-state index contributed by atoms with van der Waals surface area (Å²) in [6, 6.07) is 0.367. The first kappa shape index (κ1) is 11.2. The van der Waals surface area contributed by atoms with Crippen LogP contribution in [0.3, 0.4) is 0 Å². The molecular weight excluding hydrogens is 212 g/mol. The average molecular weight is 234 g/mol. The molecule has 17 heavy (non-hydrogen) atoms. The van der Waals surface area contributed by atoms with E-state index in [1.807, 2.05) is 0 Å². The standard InChI is InChI=1S/C13H22N4/c1-2-14-12(13-15-8-16-17-13)7-11-6-9-3-4-10(11)5-9/h8-12,14H,2-7H2,1H3,(H,15,16,17). The van der Waals surface area contributed by atoms with Crippen molar-refractivity contribution in [3.63, 3.8) is 0 Å². The number of hydrogen-bond acceptors (Lipinski definition) is 3. The van der Waals surface area contributed by atoms with Gasteiger partial charge in [-0.05, 0) is 50.0 Å². The van der Waals surface area contributed by atoms with E-state index in [0.29, 0.717) is 6.04 Å². The molecule has 4 atom stereocenters. The van der Waals surface area contributed by atoms with Crippen molar-refractivity contribution in [3.05, 3.63) is 12.2 Å². The SMILES string of the molecule is CCNC(CC1CC2CCC1C2)c1ncn[nH]1. The predicted molar refractivity (Wildman–Crippen MR) is 66.4 cm³/mol. The summed E-state index contributed by atoms with van der Waals surface area (Å²) in [6.45, 7) is 3.15.